The second kappa shape index (κ2) is 25.6. The van der Waals surface area contributed by atoms with Crippen molar-refractivity contribution in [2.24, 2.45) is 5.41 Å². The van der Waals surface area contributed by atoms with Gasteiger partial charge in [-0.05, 0) is 24.7 Å². The van der Waals surface area contributed by atoms with Gasteiger partial charge in [0.2, 0.25) is 0 Å². The van der Waals surface area contributed by atoms with E-state index >= 15 is 0 Å². The lowest BCUT2D eigenvalue weighted by molar-refractivity contribution is 0.237. The minimum Gasteiger partial charge on any atom is -0.106 e. The summed E-state index contributed by atoms with van der Waals surface area (Å²) in [5.41, 5.74) is 0.652. The van der Waals surface area contributed by atoms with Crippen LogP contribution in [0.25, 0.3) is 0 Å². The monoisotopic (exact) mass is 258 g/mol. The molecule has 0 nitrogen and oxygen atoms in total. The van der Waals surface area contributed by atoms with Crippen molar-refractivity contribution in [2.75, 3.05) is 0 Å². The van der Waals surface area contributed by atoms with Crippen LogP contribution in [0.1, 0.15) is 100 Å². The molecule has 0 aliphatic rings. The maximum absolute atomic E-state index is 3.00. The molecule has 0 atom stereocenters. The summed E-state index contributed by atoms with van der Waals surface area (Å²) in [6.45, 7) is 23.4. The van der Waals surface area contributed by atoms with E-state index < -0.39 is 0 Å². The van der Waals surface area contributed by atoms with E-state index in [2.05, 4.69) is 40.9 Å². The Balaban J connectivity index is -0.000000141. The van der Waals surface area contributed by atoms with Gasteiger partial charge >= 0.3 is 0 Å². The number of hydrogen-bond acceptors (Lipinski definition) is 0. The number of unbranched alkanes of at least 4 members (excludes halogenated alkanes) is 1. The van der Waals surface area contributed by atoms with Gasteiger partial charge in [0.05, 0.1) is 0 Å². The molecule has 0 saturated heterocycles. The standard InChI is InChI=1S/C12H26.2C2H6.C2H4/c1-5-8-11-12(4,9-6-2)10-7-3;3*1-2/h5-11H2,1-4H3;2*1-2H3;1-2H2. The smallest absolute Gasteiger partial charge is 0.0326 e. The fraction of sp³-hybridized carbons (Fsp3) is 0.889. The molecule has 0 rings (SSSR count). The zero-order valence-corrected chi connectivity index (χ0v) is 14.9. The predicted molar refractivity (Wildman–Crippen MR) is 91.4 cm³/mol. The molecular formula is C18H42. The second-order valence-corrected chi connectivity index (χ2v) is 4.41. The molecule has 18 heavy (non-hydrogen) atoms. The van der Waals surface area contributed by atoms with Gasteiger partial charge in [-0.25, -0.2) is 0 Å². The largest absolute Gasteiger partial charge is 0.106 e. The number of rotatable bonds is 7. The molecule has 0 unspecified atom stereocenters. The quantitative estimate of drug-likeness (QED) is 0.412. The van der Waals surface area contributed by atoms with Crippen molar-refractivity contribution in [3.05, 3.63) is 13.2 Å². The summed E-state index contributed by atoms with van der Waals surface area (Å²) in [4.78, 5) is 0. The van der Waals surface area contributed by atoms with Gasteiger partial charge in [-0.2, -0.15) is 0 Å². The van der Waals surface area contributed by atoms with Gasteiger partial charge in [0.1, 0.15) is 0 Å². The van der Waals surface area contributed by atoms with Crippen molar-refractivity contribution in [1.82, 2.24) is 0 Å². The normalized spacial score (nSPS) is 8.89. The van der Waals surface area contributed by atoms with Gasteiger partial charge in [0, 0.05) is 0 Å². The van der Waals surface area contributed by atoms with Crippen LogP contribution in [-0.2, 0) is 0 Å². The van der Waals surface area contributed by atoms with Gasteiger partial charge in [0.15, 0.2) is 0 Å². The maximum Gasteiger partial charge on any atom is -0.0326 e. The van der Waals surface area contributed by atoms with Crippen molar-refractivity contribution in [3.8, 4) is 0 Å². The summed E-state index contributed by atoms with van der Waals surface area (Å²) in [6, 6.07) is 0. The molecule has 0 radical (unpaired) electrons. The van der Waals surface area contributed by atoms with Gasteiger partial charge in [-0.1, -0.05) is 81.1 Å². The maximum atomic E-state index is 3.00. The summed E-state index contributed by atoms with van der Waals surface area (Å²) in [5, 5.41) is 0. The Morgan fingerprint density at radius 3 is 1.22 bits per heavy atom. The zero-order valence-electron chi connectivity index (χ0n) is 14.9. The van der Waals surface area contributed by atoms with Crippen LogP contribution < -0.4 is 0 Å². The van der Waals surface area contributed by atoms with Crippen molar-refractivity contribution in [2.45, 2.75) is 100 Å². The van der Waals surface area contributed by atoms with E-state index in [1.807, 2.05) is 27.7 Å². The van der Waals surface area contributed by atoms with Crippen molar-refractivity contribution in [3.63, 3.8) is 0 Å². The first-order valence-electron chi connectivity index (χ1n) is 8.18. The lowest BCUT2D eigenvalue weighted by Gasteiger charge is -2.28. The Labute approximate surface area is 119 Å². The van der Waals surface area contributed by atoms with Crippen LogP contribution in [0.15, 0.2) is 13.2 Å². The van der Waals surface area contributed by atoms with E-state index in [0.29, 0.717) is 5.41 Å². The van der Waals surface area contributed by atoms with Gasteiger partial charge in [-0.15, -0.1) is 13.2 Å². The van der Waals surface area contributed by atoms with Crippen LogP contribution in [0.4, 0.5) is 0 Å². The van der Waals surface area contributed by atoms with Crippen LogP contribution in [-0.4, -0.2) is 0 Å². The summed E-state index contributed by atoms with van der Waals surface area (Å²) < 4.78 is 0. The highest BCUT2D eigenvalue weighted by Crippen LogP contribution is 2.34. The summed E-state index contributed by atoms with van der Waals surface area (Å²) in [7, 11) is 0. The Morgan fingerprint density at radius 1 is 0.667 bits per heavy atom. The van der Waals surface area contributed by atoms with E-state index in [9.17, 15) is 0 Å². The van der Waals surface area contributed by atoms with Crippen LogP contribution in [0.5, 0.6) is 0 Å². The summed E-state index contributed by atoms with van der Waals surface area (Å²) in [5.74, 6) is 0. The molecule has 0 heterocycles. The lowest BCUT2D eigenvalue weighted by Crippen LogP contribution is -2.15. The minimum atomic E-state index is 0.652. The molecule has 0 aromatic rings. The lowest BCUT2D eigenvalue weighted by atomic mass is 9.77. The van der Waals surface area contributed by atoms with E-state index in [0.717, 1.165) is 0 Å². The van der Waals surface area contributed by atoms with Crippen LogP contribution in [0.3, 0.4) is 0 Å². The van der Waals surface area contributed by atoms with Gasteiger partial charge < -0.3 is 0 Å². The minimum absolute atomic E-state index is 0.652. The first-order chi connectivity index (χ1) is 8.68. The van der Waals surface area contributed by atoms with Crippen LogP contribution in [0, 0.1) is 5.41 Å². The first-order valence-corrected chi connectivity index (χ1v) is 8.18. The molecule has 0 saturated carbocycles. The highest BCUT2D eigenvalue weighted by Gasteiger charge is 2.20. The van der Waals surface area contributed by atoms with E-state index in [-0.39, 0.29) is 0 Å². The van der Waals surface area contributed by atoms with Crippen LogP contribution >= 0.6 is 0 Å². The van der Waals surface area contributed by atoms with Crippen LogP contribution in [0.2, 0.25) is 0 Å². The molecule has 0 aromatic heterocycles. The third kappa shape index (κ3) is 21.1. The second-order valence-electron chi connectivity index (χ2n) is 4.41. The molecule has 114 valence electrons. The summed E-state index contributed by atoms with van der Waals surface area (Å²) >= 11 is 0. The Hall–Kier alpha value is -0.260. The number of hydrogen-bond donors (Lipinski definition) is 0. The zero-order chi connectivity index (χ0) is 15.4. The average molecular weight is 259 g/mol. The molecule has 0 fully saturated rings. The third-order valence-corrected chi connectivity index (χ3v) is 2.84. The molecule has 0 aliphatic carbocycles. The fourth-order valence-electron chi connectivity index (χ4n) is 2.19. The Kier molecular flexibility index (Phi) is 37.4. The molecule has 0 amide bonds. The highest BCUT2D eigenvalue weighted by molar-refractivity contribution is 4.72. The third-order valence-electron chi connectivity index (χ3n) is 2.84. The first kappa shape index (κ1) is 26.3. The molecular weight excluding hydrogens is 216 g/mol. The Morgan fingerprint density at radius 2 is 1.00 bits per heavy atom. The molecule has 0 spiro atoms. The van der Waals surface area contributed by atoms with Gasteiger partial charge in [-0.3, -0.25) is 0 Å². The average Bonchev–Trinajstić information content (AvgIpc) is 2.44. The summed E-state index contributed by atoms with van der Waals surface area (Å²) in [6.07, 6.45) is 9.73. The van der Waals surface area contributed by atoms with Crippen molar-refractivity contribution >= 4 is 0 Å². The van der Waals surface area contributed by atoms with Gasteiger partial charge in [0.25, 0.3) is 0 Å². The highest BCUT2D eigenvalue weighted by atomic mass is 14.3. The van der Waals surface area contributed by atoms with E-state index in [1.54, 1.807) is 0 Å². The molecule has 0 aliphatic heterocycles. The topological polar surface area (TPSA) is 0 Å². The van der Waals surface area contributed by atoms with E-state index in [4.69, 9.17) is 0 Å². The van der Waals surface area contributed by atoms with E-state index in [1.165, 1.54) is 44.9 Å². The fourth-order valence-corrected chi connectivity index (χ4v) is 2.19. The molecule has 0 N–H and O–H groups in total. The molecule has 0 aromatic carbocycles. The van der Waals surface area contributed by atoms with Crippen molar-refractivity contribution < 1.29 is 0 Å². The molecule has 0 bridgehead atoms. The SMILES string of the molecule is C=C.CC.CC.CCCCC(C)(CCC)CCC. The molecule has 0 heteroatoms. The Bertz CT molecular complexity index is 98.6. The predicted octanol–water partition coefficient (Wildman–Crippen LogP) is 7.64. The van der Waals surface area contributed by atoms with Crippen molar-refractivity contribution in [1.29, 1.82) is 0 Å².